The minimum Gasteiger partial charge on any atom is -0.381 e. The highest BCUT2D eigenvalue weighted by Gasteiger charge is 2.26. The highest BCUT2D eigenvalue weighted by molar-refractivity contribution is 5.83. The average Bonchev–Trinajstić information content (AvgIpc) is 2.49. The molecule has 0 amide bonds. The third kappa shape index (κ3) is 2.43. The Labute approximate surface area is 123 Å². The van der Waals surface area contributed by atoms with Crippen LogP contribution in [-0.2, 0) is 5.60 Å². The first-order chi connectivity index (χ1) is 9.98. The normalized spacial score (nSPS) is 14.1. The molecule has 0 saturated heterocycles. The van der Waals surface area contributed by atoms with Crippen LogP contribution < -0.4 is 0 Å². The van der Waals surface area contributed by atoms with E-state index >= 15 is 0 Å². The number of hydrogen-bond acceptors (Lipinski definition) is 1. The van der Waals surface area contributed by atoms with Gasteiger partial charge in [0.1, 0.15) is 11.4 Å². The van der Waals surface area contributed by atoms with Crippen LogP contribution >= 0.6 is 0 Å². The molecular formula is C19H17FO. The van der Waals surface area contributed by atoms with E-state index in [2.05, 4.69) is 0 Å². The number of aliphatic hydroxyl groups is 1. The lowest BCUT2D eigenvalue weighted by molar-refractivity contribution is 0.102. The number of rotatable bonds is 2. The molecule has 106 valence electrons. The predicted octanol–water partition coefficient (Wildman–Crippen LogP) is 4.54. The number of fused-ring (bicyclic) bond motifs is 1. The molecule has 2 heteroatoms. The van der Waals surface area contributed by atoms with Gasteiger partial charge in [-0.25, -0.2) is 4.39 Å². The Morgan fingerprint density at radius 2 is 1.48 bits per heavy atom. The van der Waals surface area contributed by atoms with Crippen LogP contribution in [-0.4, -0.2) is 5.11 Å². The molecule has 0 spiro atoms. The lowest BCUT2D eigenvalue weighted by Crippen LogP contribution is -2.23. The molecule has 0 aliphatic heterocycles. The van der Waals surface area contributed by atoms with Crippen LogP contribution in [0.2, 0.25) is 0 Å². The minimum atomic E-state index is -1.22. The minimum absolute atomic E-state index is 0.298. The van der Waals surface area contributed by atoms with Gasteiger partial charge in [-0.05, 0) is 53.4 Å². The molecule has 0 aromatic heterocycles. The molecule has 0 aliphatic carbocycles. The number of benzene rings is 3. The van der Waals surface area contributed by atoms with E-state index in [1.807, 2.05) is 42.5 Å². The smallest absolute Gasteiger partial charge is 0.126 e. The van der Waals surface area contributed by atoms with Crippen molar-refractivity contribution in [3.8, 4) is 0 Å². The van der Waals surface area contributed by atoms with Crippen LogP contribution in [0.3, 0.4) is 0 Å². The molecular weight excluding hydrogens is 263 g/mol. The van der Waals surface area contributed by atoms with Crippen molar-refractivity contribution in [2.24, 2.45) is 0 Å². The third-order valence-electron chi connectivity index (χ3n) is 4.05. The van der Waals surface area contributed by atoms with E-state index in [0.717, 1.165) is 16.3 Å². The summed E-state index contributed by atoms with van der Waals surface area (Å²) in [6.07, 6.45) is 0. The van der Waals surface area contributed by atoms with Crippen LogP contribution in [0.1, 0.15) is 23.6 Å². The highest BCUT2D eigenvalue weighted by Crippen LogP contribution is 2.32. The lowest BCUT2D eigenvalue weighted by Gasteiger charge is -2.25. The molecule has 0 fully saturated rings. The zero-order valence-electron chi connectivity index (χ0n) is 12.1. The molecule has 3 rings (SSSR count). The summed E-state index contributed by atoms with van der Waals surface area (Å²) < 4.78 is 13.8. The summed E-state index contributed by atoms with van der Waals surface area (Å²) in [5.41, 5.74) is 0.664. The maximum atomic E-state index is 13.8. The van der Waals surface area contributed by atoms with Crippen molar-refractivity contribution in [3.05, 3.63) is 83.2 Å². The molecule has 0 aliphatic rings. The first-order valence-electron chi connectivity index (χ1n) is 6.97. The summed E-state index contributed by atoms with van der Waals surface area (Å²) in [5, 5.41) is 13.0. The Balaban J connectivity index is 2.12. The van der Waals surface area contributed by atoms with E-state index in [0.29, 0.717) is 11.1 Å². The SMILES string of the molecule is Cc1ccc(C(C)(O)c2ccc3ccccc3c2)cc1F. The van der Waals surface area contributed by atoms with Gasteiger partial charge in [0.15, 0.2) is 0 Å². The molecule has 1 nitrogen and oxygen atoms in total. The van der Waals surface area contributed by atoms with Crippen molar-refractivity contribution in [2.45, 2.75) is 19.4 Å². The van der Waals surface area contributed by atoms with Crippen LogP contribution in [0.15, 0.2) is 60.7 Å². The molecule has 3 aromatic carbocycles. The van der Waals surface area contributed by atoms with Crippen LogP contribution in [0.5, 0.6) is 0 Å². The third-order valence-corrected chi connectivity index (χ3v) is 4.05. The van der Waals surface area contributed by atoms with E-state index in [1.165, 1.54) is 6.07 Å². The quantitative estimate of drug-likeness (QED) is 0.730. The number of hydrogen-bond donors (Lipinski definition) is 1. The highest BCUT2D eigenvalue weighted by atomic mass is 19.1. The summed E-state index contributed by atoms with van der Waals surface area (Å²) in [6, 6.07) is 18.7. The fourth-order valence-corrected chi connectivity index (χ4v) is 2.55. The van der Waals surface area contributed by atoms with Crippen molar-refractivity contribution in [2.75, 3.05) is 0 Å². The van der Waals surface area contributed by atoms with Gasteiger partial charge < -0.3 is 5.11 Å². The summed E-state index contributed by atoms with van der Waals surface area (Å²) in [6.45, 7) is 3.41. The van der Waals surface area contributed by atoms with Gasteiger partial charge >= 0.3 is 0 Å². The Morgan fingerprint density at radius 3 is 2.19 bits per heavy atom. The Hall–Kier alpha value is -2.19. The molecule has 1 atom stereocenters. The van der Waals surface area contributed by atoms with Gasteiger partial charge in [-0.15, -0.1) is 0 Å². The maximum Gasteiger partial charge on any atom is 0.126 e. The molecule has 21 heavy (non-hydrogen) atoms. The summed E-state index contributed by atoms with van der Waals surface area (Å²) >= 11 is 0. The second-order valence-electron chi connectivity index (χ2n) is 5.60. The lowest BCUT2D eigenvalue weighted by atomic mass is 9.86. The second-order valence-corrected chi connectivity index (χ2v) is 5.60. The largest absolute Gasteiger partial charge is 0.381 e. The second kappa shape index (κ2) is 4.97. The number of halogens is 1. The predicted molar refractivity (Wildman–Crippen MR) is 83.8 cm³/mol. The Kier molecular flexibility index (Phi) is 3.26. The Morgan fingerprint density at radius 1 is 0.857 bits per heavy atom. The zero-order chi connectivity index (χ0) is 15.0. The van der Waals surface area contributed by atoms with Crippen LogP contribution in [0.25, 0.3) is 10.8 Å². The van der Waals surface area contributed by atoms with Crippen molar-refractivity contribution in [3.63, 3.8) is 0 Å². The van der Waals surface area contributed by atoms with Crippen molar-refractivity contribution in [1.29, 1.82) is 0 Å². The van der Waals surface area contributed by atoms with Gasteiger partial charge in [-0.1, -0.05) is 48.5 Å². The summed E-state index contributed by atoms with van der Waals surface area (Å²) in [5.74, 6) is -0.298. The Bertz CT molecular complexity index is 806. The standard InChI is InChI=1S/C19H17FO/c1-13-7-9-17(12-18(13)20)19(2,21)16-10-8-14-5-3-4-6-15(14)11-16/h3-12,21H,1-2H3. The maximum absolute atomic E-state index is 13.8. The van der Waals surface area contributed by atoms with Crippen molar-refractivity contribution >= 4 is 10.8 Å². The van der Waals surface area contributed by atoms with Crippen molar-refractivity contribution in [1.82, 2.24) is 0 Å². The fourth-order valence-electron chi connectivity index (χ4n) is 2.55. The summed E-state index contributed by atoms with van der Waals surface area (Å²) in [4.78, 5) is 0. The molecule has 1 N–H and O–H groups in total. The van der Waals surface area contributed by atoms with Crippen LogP contribution in [0.4, 0.5) is 4.39 Å². The zero-order valence-corrected chi connectivity index (χ0v) is 12.1. The van der Waals surface area contributed by atoms with Gasteiger partial charge in [0.25, 0.3) is 0 Å². The van der Waals surface area contributed by atoms with E-state index in [9.17, 15) is 9.50 Å². The first-order valence-corrected chi connectivity index (χ1v) is 6.97. The average molecular weight is 280 g/mol. The van der Waals surface area contributed by atoms with Gasteiger partial charge in [-0.3, -0.25) is 0 Å². The van der Waals surface area contributed by atoms with E-state index in [-0.39, 0.29) is 5.82 Å². The molecule has 0 bridgehead atoms. The first kappa shape index (κ1) is 13.8. The van der Waals surface area contributed by atoms with Gasteiger partial charge in [0.05, 0.1) is 0 Å². The number of aryl methyl sites for hydroxylation is 1. The topological polar surface area (TPSA) is 20.2 Å². The molecule has 0 radical (unpaired) electrons. The molecule has 1 unspecified atom stereocenters. The van der Waals surface area contributed by atoms with E-state index < -0.39 is 5.60 Å². The summed E-state index contributed by atoms with van der Waals surface area (Å²) in [7, 11) is 0. The van der Waals surface area contributed by atoms with Gasteiger partial charge in [0, 0.05) is 0 Å². The van der Waals surface area contributed by atoms with Gasteiger partial charge in [0.2, 0.25) is 0 Å². The fraction of sp³-hybridized carbons (Fsp3) is 0.158. The molecule has 0 saturated carbocycles. The monoisotopic (exact) mass is 280 g/mol. The van der Waals surface area contributed by atoms with E-state index in [1.54, 1.807) is 26.0 Å². The van der Waals surface area contributed by atoms with Gasteiger partial charge in [-0.2, -0.15) is 0 Å². The van der Waals surface area contributed by atoms with Crippen LogP contribution in [0, 0.1) is 12.7 Å². The van der Waals surface area contributed by atoms with E-state index in [4.69, 9.17) is 0 Å². The molecule has 0 heterocycles. The van der Waals surface area contributed by atoms with Crippen molar-refractivity contribution < 1.29 is 9.50 Å². The molecule has 3 aromatic rings.